The van der Waals surface area contributed by atoms with Crippen LogP contribution in [0.25, 0.3) is 0 Å². The van der Waals surface area contributed by atoms with Gasteiger partial charge in [0, 0.05) is 18.5 Å². The predicted molar refractivity (Wildman–Crippen MR) is 96.8 cm³/mol. The zero-order chi connectivity index (χ0) is 19.0. The fourth-order valence-corrected chi connectivity index (χ4v) is 3.87. The zero-order valence-electron chi connectivity index (χ0n) is 15.2. The summed E-state index contributed by atoms with van der Waals surface area (Å²) in [6.45, 7) is 0.683. The molecule has 0 saturated heterocycles. The minimum Gasteiger partial charge on any atom is -0.493 e. The lowest BCUT2D eigenvalue weighted by Crippen LogP contribution is -2.54. The van der Waals surface area contributed by atoms with Crippen molar-refractivity contribution < 1.29 is 28.8 Å². The molecule has 2 aliphatic rings. The Morgan fingerprint density at radius 1 is 1.22 bits per heavy atom. The molecule has 0 radical (unpaired) electrons. The Morgan fingerprint density at radius 2 is 2.00 bits per heavy atom. The molecule has 7 heteroatoms. The maximum atomic E-state index is 12.5. The van der Waals surface area contributed by atoms with Gasteiger partial charge in [-0.05, 0) is 35.7 Å². The minimum absolute atomic E-state index is 0.140. The zero-order valence-corrected chi connectivity index (χ0v) is 15.2. The highest BCUT2D eigenvalue weighted by molar-refractivity contribution is 5.83. The van der Waals surface area contributed by atoms with E-state index >= 15 is 0 Å². The van der Waals surface area contributed by atoms with Crippen LogP contribution in [0.5, 0.6) is 23.0 Å². The highest BCUT2D eigenvalue weighted by Gasteiger charge is 2.45. The van der Waals surface area contributed by atoms with Crippen LogP contribution in [0, 0.1) is 0 Å². The van der Waals surface area contributed by atoms with E-state index in [1.807, 2.05) is 24.3 Å². The Labute approximate surface area is 156 Å². The first-order valence-electron chi connectivity index (χ1n) is 8.70. The first kappa shape index (κ1) is 17.5. The first-order valence-corrected chi connectivity index (χ1v) is 8.70. The molecule has 1 atom stereocenters. The van der Waals surface area contributed by atoms with Crippen molar-refractivity contribution in [2.45, 2.75) is 18.4 Å². The van der Waals surface area contributed by atoms with Crippen molar-refractivity contribution in [1.29, 1.82) is 0 Å². The van der Waals surface area contributed by atoms with Gasteiger partial charge in [0.2, 0.25) is 6.79 Å². The fraction of sp³-hybridized carbons (Fsp3) is 0.350. The molecule has 0 fully saturated rings. The van der Waals surface area contributed by atoms with Crippen molar-refractivity contribution in [3.05, 3.63) is 47.0 Å². The van der Waals surface area contributed by atoms with Gasteiger partial charge in [0.15, 0.2) is 23.0 Å². The Bertz CT molecular complexity index is 896. The summed E-state index contributed by atoms with van der Waals surface area (Å²) in [6.07, 6.45) is 0.925. The number of hydrogen-bond donors (Lipinski definition) is 2. The number of para-hydroxylation sites is 1. The second-order valence-electron chi connectivity index (χ2n) is 6.58. The van der Waals surface area contributed by atoms with Crippen molar-refractivity contribution in [3.63, 3.8) is 0 Å². The Balaban J connectivity index is 1.85. The molecular weight excluding hydrogens is 350 g/mol. The van der Waals surface area contributed by atoms with Gasteiger partial charge in [-0.3, -0.25) is 5.32 Å². The van der Waals surface area contributed by atoms with Gasteiger partial charge in [0.1, 0.15) is 5.54 Å². The summed E-state index contributed by atoms with van der Waals surface area (Å²) >= 11 is 0. The summed E-state index contributed by atoms with van der Waals surface area (Å²) in [4.78, 5) is 12.5. The van der Waals surface area contributed by atoms with Gasteiger partial charge in [0.05, 0.1) is 14.2 Å². The average Bonchev–Trinajstić information content (AvgIpc) is 3.16. The molecule has 2 aliphatic heterocycles. The summed E-state index contributed by atoms with van der Waals surface area (Å²) in [6, 6.07) is 9.15. The van der Waals surface area contributed by atoms with Crippen LogP contribution in [0.1, 0.15) is 16.7 Å². The lowest BCUT2D eigenvalue weighted by Gasteiger charge is -2.37. The van der Waals surface area contributed by atoms with Crippen LogP contribution in [0.3, 0.4) is 0 Å². The van der Waals surface area contributed by atoms with Crippen LogP contribution in [-0.2, 0) is 23.2 Å². The SMILES string of the molecule is COc1cc2c(cc1OC)C(Cc1cccc3c1OCO3)(C(=O)O)NCC2. The van der Waals surface area contributed by atoms with Crippen LogP contribution >= 0.6 is 0 Å². The van der Waals surface area contributed by atoms with E-state index in [-0.39, 0.29) is 13.2 Å². The summed E-state index contributed by atoms with van der Waals surface area (Å²) < 4.78 is 21.8. The number of methoxy groups -OCH3 is 2. The fourth-order valence-electron chi connectivity index (χ4n) is 3.87. The van der Waals surface area contributed by atoms with E-state index in [2.05, 4.69) is 5.32 Å². The van der Waals surface area contributed by atoms with E-state index in [0.29, 0.717) is 41.5 Å². The number of benzene rings is 2. The number of carboxylic acids is 1. The number of aliphatic carboxylic acids is 1. The van der Waals surface area contributed by atoms with Gasteiger partial charge >= 0.3 is 5.97 Å². The quantitative estimate of drug-likeness (QED) is 0.832. The molecule has 0 aromatic heterocycles. The number of ether oxygens (including phenoxy) is 4. The molecule has 7 nitrogen and oxygen atoms in total. The maximum Gasteiger partial charge on any atom is 0.328 e. The molecule has 4 rings (SSSR count). The van der Waals surface area contributed by atoms with Gasteiger partial charge in [-0.1, -0.05) is 12.1 Å². The normalized spacial score (nSPS) is 20.1. The number of carboxylic acid groups (broad SMARTS) is 1. The van der Waals surface area contributed by atoms with Gasteiger partial charge in [-0.15, -0.1) is 0 Å². The molecule has 0 bridgehead atoms. The van der Waals surface area contributed by atoms with Crippen LogP contribution < -0.4 is 24.3 Å². The maximum absolute atomic E-state index is 12.5. The molecule has 0 aliphatic carbocycles. The summed E-state index contributed by atoms with van der Waals surface area (Å²) in [5.74, 6) is 1.38. The van der Waals surface area contributed by atoms with E-state index in [1.165, 1.54) is 7.11 Å². The molecule has 2 aromatic rings. The highest BCUT2D eigenvalue weighted by atomic mass is 16.7. The van der Waals surface area contributed by atoms with Crippen molar-refractivity contribution >= 4 is 5.97 Å². The van der Waals surface area contributed by atoms with E-state index < -0.39 is 11.5 Å². The van der Waals surface area contributed by atoms with Crippen LogP contribution in [0.4, 0.5) is 0 Å². The van der Waals surface area contributed by atoms with Gasteiger partial charge in [-0.25, -0.2) is 4.79 Å². The molecule has 2 N–H and O–H groups in total. The standard InChI is InChI=1S/C20H21NO6/c1-24-16-8-12-6-7-21-20(19(22)23,14(12)9-17(16)25-2)10-13-4-3-5-15-18(13)27-11-26-15/h3-5,8-9,21H,6-7,10-11H2,1-2H3,(H,22,23). The molecule has 0 amide bonds. The van der Waals surface area contributed by atoms with Gasteiger partial charge in [0.25, 0.3) is 0 Å². The smallest absolute Gasteiger partial charge is 0.328 e. The second kappa shape index (κ2) is 6.66. The lowest BCUT2D eigenvalue weighted by atomic mass is 9.77. The largest absolute Gasteiger partial charge is 0.493 e. The Kier molecular flexibility index (Phi) is 4.31. The average molecular weight is 371 g/mol. The summed E-state index contributed by atoms with van der Waals surface area (Å²) in [7, 11) is 3.11. The van der Waals surface area contributed by atoms with Crippen LogP contribution in [0.15, 0.2) is 30.3 Å². The minimum atomic E-state index is -1.30. The topological polar surface area (TPSA) is 86.2 Å². The molecule has 0 spiro atoms. The number of rotatable bonds is 5. The molecule has 1 unspecified atom stereocenters. The Morgan fingerprint density at radius 3 is 2.74 bits per heavy atom. The molecule has 27 heavy (non-hydrogen) atoms. The Hall–Kier alpha value is -2.93. The number of nitrogens with one attached hydrogen (secondary N) is 1. The number of fused-ring (bicyclic) bond motifs is 2. The predicted octanol–water partition coefficient (Wildman–Crippen LogP) is 2.10. The van der Waals surface area contributed by atoms with Gasteiger partial charge in [-0.2, -0.15) is 0 Å². The molecule has 0 saturated carbocycles. The molecule has 2 heterocycles. The third-order valence-corrected chi connectivity index (χ3v) is 5.19. The van der Waals surface area contributed by atoms with Crippen LogP contribution in [-0.4, -0.2) is 38.6 Å². The van der Waals surface area contributed by atoms with Gasteiger partial charge < -0.3 is 24.1 Å². The van der Waals surface area contributed by atoms with E-state index in [9.17, 15) is 9.90 Å². The van der Waals surface area contributed by atoms with Crippen LogP contribution in [0.2, 0.25) is 0 Å². The van der Waals surface area contributed by atoms with Crippen molar-refractivity contribution in [3.8, 4) is 23.0 Å². The number of hydrogen-bond acceptors (Lipinski definition) is 6. The van der Waals surface area contributed by atoms with Crippen molar-refractivity contribution in [2.24, 2.45) is 0 Å². The number of carbonyl (C=O) groups is 1. The third kappa shape index (κ3) is 2.75. The molecule has 2 aromatic carbocycles. The third-order valence-electron chi connectivity index (χ3n) is 5.19. The highest BCUT2D eigenvalue weighted by Crippen LogP contribution is 2.43. The van der Waals surface area contributed by atoms with Crippen molar-refractivity contribution in [1.82, 2.24) is 5.32 Å². The van der Waals surface area contributed by atoms with E-state index in [0.717, 1.165) is 11.1 Å². The molecular formula is C20H21NO6. The molecule has 142 valence electrons. The summed E-state index contributed by atoms with van der Waals surface area (Å²) in [5, 5.41) is 13.5. The lowest BCUT2D eigenvalue weighted by molar-refractivity contribution is -0.145. The van der Waals surface area contributed by atoms with Crippen molar-refractivity contribution in [2.75, 3.05) is 27.6 Å². The first-order chi connectivity index (χ1) is 13.1. The summed E-state index contributed by atoms with van der Waals surface area (Å²) in [5.41, 5.74) is 1.09. The van der Waals surface area contributed by atoms with E-state index in [4.69, 9.17) is 18.9 Å². The van der Waals surface area contributed by atoms with E-state index in [1.54, 1.807) is 13.2 Å². The second-order valence-corrected chi connectivity index (χ2v) is 6.58. The monoisotopic (exact) mass is 371 g/mol.